The van der Waals surface area contributed by atoms with Crippen molar-refractivity contribution in [1.82, 2.24) is 5.43 Å². The predicted molar refractivity (Wildman–Crippen MR) is 119 cm³/mol. The Morgan fingerprint density at radius 3 is 2.59 bits per heavy atom. The molecule has 8 heteroatoms. The molecule has 0 spiro atoms. The molecule has 6 nitrogen and oxygen atoms in total. The molecule has 0 aliphatic heterocycles. The summed E-state index contributed by atoms with van der Waals surface area (Å²) >= 11 is 11.2. The fraction of sp³-hybridized carbons (Fsp3) is 0. The molecule has 3 aromatic rings. The van der Waals surface area contributed by atoms with Gasteiger partial charge >= 0.3 is 5.97 Å². The number of halogens is 1. The van der Waals surface area contributed by atoms with E-state index in [0.717, 1.165) is 5.56 Å². The molecule has 0 aliphatic carbocycles. The second-order valence-electron chi connectivity index (χ2n) is 5.96. The number of carbonyl (C=O) groups is 1. The van der Waals surface area contributed by atoms with E-state index in [1.807, 2.05) is 12.1 Å². The Morgan fingerprint density at radius 2 is 1.83 bits per heavy atom. The zero-order chi connectivity index (χ0) is 20.8. The van der Waals surface area contributed by atoms with E-state index in [2.05, 4.69) is 15.8 Å². The number of aromatic carboxylic acids is 1. The quantitative estimate of drug-likeness (QED) is 0.268. The van der Waals surface area contributed by atoms with Crippen molar-refractivity contribution < 1.29 is 15.0 Å². The standard InChI is InChI=1S/C21H16ClN3O3S/c22-16-7-1-4-13(10-16)18-9-3-6-15(19(18)26)12-23-25-21(29)24-17-8-2-5-14(11-17)20(27)28/h1-12,26H,(H,27,28)(H2,24,25,29). The predicted octanol–water partition coefficient (Wildman–Crippen LogP) is 4.73. The summed E-state index contributed by atoms with van der Waals surface area (Å²) in [6, 6.07) is 18.7. The average molecular weight is 426 g/mol. The lowest BCUT2D eigenvalue weighted by Crippen LogP contribution is -2.24. The Balaban J connectivity index is 1.69. The molecule has 0 fully saturated rings. The average Bonchev–Trinajstić information content (AvgIpc) is 2.69. The van der Waals surface area contributed by atoms with Gasteiger partial charge in [0.05, 0.1) is 11.8 Å². The van der Waals surface area contributed by atoms with Crippen molar-refractivity contribution in [2.45, 2.75) is 0 Å². The maximum atomic E-state index is 11.0. The van der Waals surface area contributed by atoms with Gasteiger partial charge in [-0.15, -0.1) is 0 Å². The first-order valence-corrected chi connectivity index (χ1v) is 9.24. The van der Waals surface area contributed by atoms with Crippen molar-refractivity contribution >= 4 is 46.8 Å². The van der Waals surface area contributed by atoms with Gasteiger partial charge < -0.3 is 15.5 Å². The molecule has 0 heterocycles. The summed E-state index contributed by atoms with van der Waals surface area (Å²) in [5.74, 6) is -0.964. The molecule has 146 valence electrons. The van der Waals surface area contributed by atoms with E-state index in [9.17, 15) is 9.90 Å². The maximum absolute atomic E-state index is 11.0. The summed E-state index contributed by atoms with van der Waals surface area (Å²) in [5, 5.41) is 27.2. The van der Waals surface area contributed by atoms with Crippen LogP contribution in [0.4, 0.5) is 5.69 Å². The van der Waals surface area contributed by atoms with Crippen molar-refractivity contribution in [3.05, 3.63) is 82.9 Å². The lowest BCUT2D eigenvalue weighted by atomic mass is 10.0. The zero-order valence-electron chi connectivity index (χ0n) is 15.0. The molecule has 0 amide bonds. The summed E-state index contributed by atoms with van der Waals surface area (Å²) in [6.07, 6.45) is 1.44. The highest BCUT2D eigenvalue weighted by atomic mass is 35.5. The summed E-state index contributed by atoms with van der Waals surface area (Å²) in [6.45, 7) is 0. The van der Waals surface area contributed by atoms with Gasteiger partial charge in [-0.1, -0.05) is 41.9 Å². The van der Waals surface area contributed by atoms with E-state index < -0.39 is 5.97 Å². The van der Waals surface area contributed by atoms with E-state index in [1.165, 1.54) is 18.3 Å². The van der Waals surface area contributed by atoms with Crippen LogP contribution in [0.1, 0.15) is 15.9 Å². The molecule has 3 aromatic carbocycles. The van der Waals surface area contributed by atoms with Crippen LogP contribution in [-0.4, -0.2) is 27.5 Å². The number of hydrazone groups is 1. The number of nitrogens with one attached hydrogen (secondary N) is 2. The van der Waals surface area contributed by atoms with E-state index >= 15 is 0 Å². The van der Waals surface area contributed by atoms with Crippen molar-refractivity contribution in [3.63, 3.8) is 0 Å². The largest absolute Gasteiger partial charge is 0.507 e. The number of carboxylic acids is 1. The molecule has 0 aromatic heterocycles. The minimum absolute atomic E-state index is 0.0633. The van der Waals surface area contributed by atoms with Crippen molar-refractivity contribution in [2.75, 3.05) is 5.32 Å². The monoisotopic (exact) mass is 425 g/mol. The van der Waals surface area contributed by atoms with Crippen LogP contribution in [0.2, 0.25) is 5.02 Å². The van der Waals surface area contributed by atoms with E-state index in [4.69, 9.17) is 28.9 Å². The first kappa shape index (κ1) is 20.3. The number of carboxylic acid groups (broad SMARTS) is 1. The van der Waals surface area contributed by atoms with Gasteiger partial charge in [0.2, 0.25) is 0 Å². The topological polar surface area (TPSA) is 94.0 Å². The molecule has 0 saturated heterocycles. The van der Waals surface area contributed by atoms with Crippen LogP contribution in [0.5, 0.6) is 5.75 Å². The molecule has 29 heavy (non-hydrogen) atoms. The number of aromatic hydroxyl groups is 1. The van der Waals surface area contributed by atoms with E-state index in [0.29, 0.717) is 21.8 Å². The van der Waals surface area contributed by atoms with Crippen LogP contribution in [0.15, 0.2) is 71.8 Å². The molecule has 0 bridgehead atoms. The number of anilines is 1. The number of benzene rings is 3. The van der Waals surface area contributed by atoms with Crippen molar-refractivity contribution in [3.8, 4) is 16.9 Å². The number of thiocarbonyl (C=S) groups is 1. The van der Waals surface area contributed by atoms with Gasteiger partial charge in [-0.2, -0.15) is 5.10 Å². The van der Waals surface area contributed by atoms with Crippen molar-refractivity contribution in [2.24, 2.45) is 5.10 Å². The molecule has 4 N–H and O–H groups in total. The first-order chi connectivity index (χ1) is 13.9. The SMILES string of the molecule is O=C(O)c1cccc(NC(=S)NN=Cc2cccc(-c3cccc(Cl)c3)c2O)c1. The Kier molecular flexibility index (Phi) is 6.43. The first-order valence-electron chi connectivity index (χ1n) is 8.45. The van der Waals surface area contributed by atoms with Gasteiger partial charge in [0, 0.05) is 21.8 Å². The second kappa shape index (κ2) is 9.18. The molecule has 0 radical (unpaired) electrons. The van der Waals surface area contributed by atoms with Gasteiger partial charge in [0.15, 0.2) is 5.11 Å². The molecule has 0 aliphatic rings. The number of hydrogen-bond acceptors (Lipinski definition) is 4. The normalized spacial score (nSPS) is 10.7. The van der Waals surface area contributed by atoms with Gasteiger partial charge in [0.25, 0.3) is 0 Å². The number of hydrogen-bond donors (Lipinski definition) is 4. The lowest BCUT2D eigenvalue weighted by molar-refractivity contribution is 0.0697. The number of phenols is 1. The van der Waals surface area contributed by atoms with Crippen LogP contribution in [0.25, 0.3) is 11.1 Å². The summed E-state index contributed by atoms with van der Waals surface area (Å²) in [4.78, 5) is 11.0. The third kappa shape index (κ3) is 5.31. The molecular weight excluding hydrogens is 410 g/mol. The summed E-state index contributed by atoms with van der Waals surface area (Å²) in [7, 11) is 0. The fourth-order valence-electron chi connectivity index (χ4n) is 2.60. The third-order valence-electron chi connectivity index (χ3n) is 3.94. The van der Waals surface area contributed by atoms with Crippen LogP contribution < -0.4 is 10.7 Å². The molecule has 0 unspecified atom stereocenters. The smallest absolute Gasteiger partial charge is 0.335 e. The van der Waals surface area contributed by atoms with Crippen molar-refractivity contribution in [1.29, 1.82) is 0 Å². The number of phenolic OH excluding ortho intramolecular Hbond substituents is 1. The van der Waals surface area contributed by atoms with Gasteiger partial charge in [0.1, 0.15) is 5.75 Å². The zero-order valence-corrected chi connectivity index (χ0v) is 16.5. The van der Waals surface area contributed by atoms with Gasteiger partial charge in [-0.25, -0.2) is 4.79 Å². The molecule has 0 saturated carbocycles. The fourth-order valence-corrected chi connectivity index (χ4v) is 2.96. The summed E-state index contributed by atoms with van der Waals surface area (Å²) < 4.78 is 0. The lowest BCUT2D eigenvalue weighted by Gasteiger charge is -2.09. The van der Waals surface area contributed by atoms with Crippen LogP contribution in [0, 0.1) is 0 Å². The molecule has 3 rings (SSSR count). The highest BCUT2D eigenvalue weighted by Gasteiger charge is 2.08. The van der Waals surface area contributed by atoms with Crippen LogP contribution >= 0.6 is 23.8 Å². The Hall–Kier alpha value is -3.42. The maximum Gasteiger partial charge on any atom is 0.335 e. The summed E-state index contributed by atoms with van der Waals surface area (Å²) in [5.41, 5.74) is 5.20. The van der Waals surface area contributed by atoms with Gasteiger partial charge in [-0.05, 0) is 54.2 Å². The molecule has 0 atom stereocenters. The highest BCUT2D eigenvalue weighted by Crippen LogP contribution is 2.32. The van der Waals surface area contributed by atoms with E-state index in [1.54, 1.807) is 42.5 Å². The third-order valence-corrected chi connectivity index (χ3v) is 4.37. The Morgan fingerprint density at radius 1 is 1.07 bits per heavy atom. The number of nitrogens with zero attached hydrogens (tertiary/aromatic N) is 1. The van der Waals surface area contributed by atoms with Crippen LogP contribution in [0.3, 0.4) is 0 Å². The number of rotatable bonds is 5. The second-order valence-corrected chi connectivity index (χ2v) is 6.81. The van der Waals surface area contributed by atoms with Gasteiger partial charge in [-0.3, -0.25) is 5.43 Å². The van der Waals surface area contributed by atoms with E-state index in [-0.39, 0.29) is 16.4 Å². The Bertz CT molecular complexity index is 1100. The number of para-hydroxylation sites is 1. The Labute approximate surface area is 177 Å². The van der Waals surface area contributed by atoms with Crippen LogP contribution in [-0.2, 0) is 0 Å². The minimum atomic E-state index is -1.03. The minimum Gasteiger partial charge on any atom is -0.507 e. The molecular formula is C21H16ClN3O3S. The highest BCUT2D eigenvalue weighted by molar-refractivity contribution is 7.80.